The van der Waals surface area contributed by atoms with Gasteiger partial charge in [0.1, 0.15) is 0 Å². The summed E-state index contributed by atoms with van der Waals surface area (Å²) < 4.78 is 5.15. The van der Waals surface area contributed by atoms with Crippen molar-refractivity contribution in [2.24, 2.45) is 5.92 Å². The second-order valence-electron chi connectivity index (χ2n) is 5.99. The average molecular weight is 293 g/mol. The number of hydrogen-bond acceptors (Lipinski definition) is 3. The number of anilines is 1. The Hall–Kier alpha value is -2.42. The fourth-order valence-corrected chi connectivity index (χ4v) is 3.77. The van der Waals surface area contributed by atoms with E-state index in [1.165, 1.54) is 11.3 Å². The predicted octanol–water partition coefficient (Wildman–Crippen LogP) is 4.23. The molecule has 0 amide bonds. The Morgan fingerprint density at radius 1 is 1.18 bits per heavy atom. The zero-order chi connectivity index (χ0) is 15.1. The monoisotopic (exact) mass is 293 g/mol. The van der Waals surface area contributed by atoms with E-state index in [2.05, 4.69) is 41.7 Å². The lowest BCUT2D eigenvalue weighted by atomic mass is 9.77. The van der Waals surface area contributed by atoms with Crippen LogP contribution in [-0.4, -0.2) is 12.2 Å². The average Bonchev–Trinajstić information content (AvgIpc) is 3.04. The molecule has 3 atom stereocenters. The topological polar surface area (TPSA) is 41.5 Å². The van der Waals surface area contributed by atoms with E-state index in [1.807, 2.05) is 18.2 Å². The maximum Gasteiger partial charge on any atom is 0.160 e. The first-order valence-electron chi connectivity index (χ1n) is 7.67. The Morgan fingerprint density at radius 2 is 2.05 bits per heavy atom. The quantitative estimate of drug-likeness (QED) is 0.814. The number of hydrogen-bond donors (Lipinski definition) is 2. The molecule has 2 aromatic rings. The zero-order valence-electron chi connectivity index (χ0n) is 12.5. The van der Waals surface area contributed by atoms with Gasteiger partial charge in [-0.25, -0.2) is 0 Å². The largest absolute Gasteiger partial charge is 0.504 e. The second kappa shape index (κ2) is 5.09. The smallest absolute Gasteiger partial charge is 0.160 e. The van der Waals surface area contributed by atoms with Gasteiger partial charge >= 0.3 is 0 Å². The van der Waals surface area contributed by atoms with Gasteiger partial charge in [-0.05, 0) is 41.7 Å². The molecule has 0 saturated heterocycles. The molecule has 0 bridgehead atoms. The van der Waals surface area contributed by atoms with Crippen LogP contribution in [0.15, 0.2) is 54.6 Å². The minimum atomic E-state index is 0.197. The molecule has 0 spiro atoms. The Bertz CT molecular complexity index is 738. The van der Waals surface area contributed by atoms with E-state index in [9.17, 15) is 5.11 Å². The molecule has 1 aliphatic carbocycles. The lowest BCUT2D eigenvalue weighted by Crippen LogP contribution is -2.28. The molecule has 3 unspecified atom stereocenters. The Kier molecular flexibility index (Phi) is 3.07. The molecule has 3 heteroatoms. The van der Waals surface area contributed by atoms with Gasteiger partial charge in [0.15, 0.2) is 11.5 Å². The summed E-state index contributed by atoms with van der Waals surface area (Å²) in [5, 5.41) is 13.7. The fourth-order valence-electron chi connectivity index (χ4n) is 3.77. The van der Waals surface area contributed by atoms with Gasteiger partial charge in [-0.2, -0.15) is 0 Å². The third kappa shape index (κ3) is 1.97. The lowest BCUT2D eigenvalue weighted by Gasteiger charge is -2.37. The lowest BCUT2D eigenvalue weighted by molar-refractivity contribution is 0.371. The molecule has 112 valence electrons. The molecule has 0 aromatic heterocycles. The molecule has 2 aromatic carbocycles. The summed E-state index contributed by atoms with van der Waals surface area (Å²) >= 11 is 0. The minimum absolute atomic E-state index is 0.197. The number of methoxy groups -OCH3 is 1. The summed E-state index contributed by atoms with van der Waals surface area (Å²) in [6, 6.07) is 14.4. The third-order valence-electron chi connectivity index (χ3n) is 4.83. The van der Waals surface area contributed by atoms with E-state index in [0.29, 0.717) is 17.6 Å². The Morgan fingerprint density at radius 3 is 2.86 bits per heavy atom. The van der Waals surface area contributed by atoms with E-state index in [0.717, 1.165) is 12.0 Å². The molecular weight excluding hydrogens is 274 g/mol. The van der Waals surface area contributed by atoms with Crippen LogP contribution >= 0.6 is 0 Å². The number of fused-ring (bicyclic) bond motifs is 3. The van der Waals surface area contributed by atoms with Crippen LogP contribution < -0.4 is 10.1 Å². The van der Waals surface area contributed by atoms with Gasteiger partial charge in [-0.3, -0.25) is 0 Å². The van der Waals surface area contributed by atoms with Crippen LogP contribution in [0, 0.1) is 5.92 Å². The summed E-state index contributed by atoms with van der Waals surface area (Å²) in [7, 11) is 1.57. The molecule has 2 aliphatic rings. The number of aromatic hydroxyl groups is 1. The highest BCUT2D eigenvalue weighted by Gasteiger charge is 2.37. The number of nitrogens with one attached hydrogen (secondary N) is 1. The van der Waals surface area contributed by atoms with Gasteiger partial charge in [0.05, 0.1) is 13.2 Å². The highest BCUT2D eigenvalue weighted by molar-refractivity contribution is 5.60. The number of rotatable bonds is 2. The molecule has 3 nitrogen and oxygen atoms in total. The normalized spacial score (nSPS) is 25.2. The molecule has 1 aliphatic heterocycles. The van der Waals surface area contributed by atoms with Crippen molar-refractivity contribution in [1.82, 2.24) is 0 Å². The van der Waals surface area contributed by atoms with Crippen LogP contribution in [0.1, 0.15) is 29.5 Å². The Balaban J connectivity index is 1.76. The first kappa shape index (κ1) is 13.3. The standard InChI is InChI=1S/C19H19NO2/c1-22-18-10-9-12(11-17(18)21)19-15-7-4-6-13(15)14-5-2-3-8-16(14)20-19/h2-6,8-11,13,15,19-21H,7H2,1H3. The summed E-state index contributed by atoms with van der Waals surface area (Å²) in [6.07, 6.45) is 5.65. The highest BCUT2D eigenvalue weighted by atomic mass is 16.5. The van der Waals surface area contributed by atoms with E-state index in [1.54, 1.807) is 7.11 Å². The van der Waals surface area contributed by atoms with Crippen LogP contribution in [0.5, 0.6) is 11.5 Å². The van der Waals surface area contributed by atoms with Crippen molar-refractivity contribution in [1.29, 1.82) is 0 Å². The first-order chi connectivity index (χ1) is 10.8. The van der Waals surface area contributed by atoms with Gasteiger partial charge in [0.2, 0.25) is 0 Å². The second-order valence-corrected chi connectivity index (χ2v) is 5.99. The highest BCUT2D eigenvalue weighted by Crippen LogP contribution is 2.50. The number of allylic oxidation sites excluding steroid dienone is 2. The summed E-state index contributed by atoms with van der Waals surface area (Å²) in [5.74, 6) is 1.65. The van der Waals surface area contributed by atoms with Crippen molar-refractivity contribution in [3.05, 3.63) is 65.7 Å². The van der Waals surface area contributed by atoms with Gasteiger partial charge in [-0.1, -0.05) is 36.4 Å². The van der Waals surface area contributed by atoms with Gasteiger partial charge in [-0.15, -0.1) is 0 Å². The molecular formula is C19H19NO2. The third-order valence-corrected chi connectivity index (χ3v) is 4.83. The van der Waals surface area contributed by atoms with E-state index >= 15 is 0 Å². The van der Waals surface area contributed by atoms with Crippen LogP contribution in [0.4, 0.5) is 5.69 Å². The molecule has 1 heterocycles. The number of para-hydroxylation sites is 1. The van der Waals surface area contributed by atoms with Crippen LogP contribution in [0.3, 0.4) is 0 Å². The number of ether oxygens (including phenoxy) is 1. The van der Waals surface area contributed by atoms with Gasteiger partial charge < -0.3 is 15.2 Å². The van der Waals surface area contributed by atoms with Crippen molar-refractivity contribution in [3.63, 3.8) is 0 Å². The maximum atomic E-state index is 10.1. The van der Waals surface area contributed by atoms with E-state index in [-0.39, 0.29) is 11.8 Å². The van der Waals surface area contributed by atoms with Crippen molar-refractivity contribution >= 4 is 5.69 Å². The van der Waals surface area contributed by atoms with Gasteiger partial charge in [0.25, 0.3) is 0 Å². The zero-order valence-corrected chi connectivity index (χ0v) is 12.5. The molecule has 22 heavy (non-hydrogen) atoms. The molecule has 0 fully saturated rings. The minimum Gasteiger partial charge on any atom is -0.504 e. The van der Waals surface area contributed by atoms with Crippen LogP contribution in [0.2, 0.25) is 0 Å². The summed E-state index contributed by atoms with van der Waals surface area (Å²) in [6.45, 7) is 0. The number of benzene rings is 2. The van der Waals surface area contributed by atoms with Crippen LogP contribution in [-0.2, 0) is 0 Å². The Labute approximate surface area is 130 Å². The van der Waals surface area contributed by atoms with Crippen LogP contribution in [0.25, 0.3) is 0 Å². The fraction of sp³-hybridized carbons (Fsp3) is 0.263. The van der Waals surface area contributed by atoms with E-state index < -0.39 is 0 Å². The van der Waals surface area contributed by atoms with Crippen molar-refractivity contribution in [2.75, 3.05) is 12.4 Å². The first-order valence-corrected chi connectivity index (χ1v) is 7.67. The molecule has 2 N–H and O–H groups in total. The molecule has 0 saturated carbocycles. The SMILES string of the molecule is COc1ccc(C2Nc3ccccc3C3C=CCC32)cc1O. The van der Waals surface area contributed by atoms with Crippen molar-refractivity contribution in [2.45, 2.75) is 18.4 Å². The van der Waals surface area contributed by atoms with Crippen molar-refractivity contribution < 1.29 is 9.84 Å². The number of phenols is 1. The van der Waals surface area contributed by atoms with Gasteiger partial charge in [0, 0.05) is 11.6 Å². The number of phenolic OH excluding ortho intramolecular Hbond substituents is 1. The summed E-state index contributed by atoms with van der Waals surface area (Å²) in [4.78, 5) is 0. The maximum absolute atomic E-state index is 10.1. The summed E-state index contributed by atoms with van der Waals surface area (Å²) in [5.41, 5.74) is 3.66. The van der Waals surface area contributed by atoms with E-state index in [4.69, 9.17) is 4.74 Å². The van der Waals surface area contributed by atoms with Crippen molar-refractivity contribution in [3.8, 4) is 11.5 Å². The molecule has 4 rings (SSSR count). The predicted molar refractivity (Wildman–Crippen MR) is 87.5 cm³/mol. The molecule has 0 radical (unpaired) electrons.